The molecule has 3 aromatic carbocycles. The van der Waals surface area contributed by atoms with E-state index in [-0.39, 0.29) is 0 Å². The number of nitrogens with zero attached hydrogens (tertiary/aromatic N) is 1. The third-order valence-electron chi connectivity index (χ3n) is 4.28. The van der Waals surface area contributed by atoms with E-state index in [4.69, 9.17) is 21.3 Å². The van der Waals surface area contributed by atoms with Crippen LogP contribution < -0.4 is 4.74 Å². The lowest BCUT2D eigenvalue weighted by atomic mass is 10.0. The van der Waals surface area contributed by atoms with E-state index in [0.29, 0.717) is 16.3 Å². The van der Waals surface area contributed by atoms with Crippen LogP contribution in [0.3, 0.4) is 0 Å². The van der Waals surface area contributed by atoms with Crippen LogP contribution in [0.2, 0.25) is 5.02 Å². The number of hydrogen-bond acceptors (Lipinski definition) is 3. The van der Waals surface area contributed by atoms with E-state index >= 15 is 0 Å². The number of pyridine rings is 1. The van der Waals surface area contributed by atoms with Gasteiger partial charge < -0.3 is 4.74 Å². The second-order valence-electron chi connectivity index (χ2n) is 6.29. The van der Waals surface area contributed by atoms with Crippen molar-refractivity contribution in [3.63, 3.8) is 0 Å². The van der Waals surface area contributed by atoms with Crippen LogP contribution in [-0.4, -0.2) is 11.0 Å². The fraction of sp³-hybridized carbons (Fsp3) is 0.0435. The molecule has 132 valence electrons. The summed E-state index contributed by atoms with van der Waals surface area (Å²) in [5, 5.41) is 1.36. The standard InChI is InChI=1S/C23H16ClNO2/c1-15-7-12-21-19(13-15)20(14-22(25-21)16-5-3-2-4-6-16)23(26)27-18-10-8-17(24)9-11-18/h2-14H,1H3. The Hall–Kier alpha value is -3.17. The molecule has 0 N–H and O–H groups in total. The quantitative estimate of drug-likeness (QED) is 0.322. The average molecular weight is 374 g/mol. The third kappa shape index (κ3) is 3.69. The molecular weight excluding hydrogens is 358 g/mol. The summed E-state index contributed by atoms with van der Waals surface area (Å²) >= 11 is 5.90. The lowest BCUT2D eigenvalue weighted by molar-refractivity contribution is 0.0737. The third-order valence-corrected chi connectivity index (χ3v) is 4.53. The van der Waals surface area contributed by atoms with Gasteiger partial charge in [-0.1, -0.05) is 53.6 Å². The number of ether oxygens (including phenoxy) is 1. The first-order valence-corrected chi connectivity index (χ1v) is 8.92. The molecule has 0 saturated heterocycles. The van der Waals surface area contributed by atoms with Gasteiger partial charge >= 0.3 is 5.97 Å². The Morgan fingerprint density at radius 1 is 0.926 bits per heavy atom. The number of benzene rings is 3. The zero-order valence-electron chi connectivity index (χ0n) is 14.6. The summed E-state index contributed by atoms with van der Waals surface area (Å²) in [7, 11) is 0. The zero-order valence-corrected chi connectivity index (χ0v) is 15.4. The van der Waals surface area contributed by atoms with Crippen molar-refractivity contribution in [2.24, 2.45) is 0 Å². The molecule has 0 spiro atoms. The van der Waals surface area contributed by atoms with Crippen molar-refractivity contribution in [1.29, 1.82) is 0 Å². The molecule has 0 unspecified atom stereocenters. The largest absolute Gasteiger partial charge is 0.423 e. The van der Waals surface area contributed by atoms with E-state index in [9.17, 15) is 4.79 Å². The van der Waals surface area contributed by atoms with Gasteiger partial charge in [0.05, 0.1) is 16.8 Å². The fourth-order valence-electron chi connectivity index (χ4n) is 2.93. The molecule has 0 fully saturated rings. The number of fused-ring (bicyclic) bond motifs is 1. The van der Waals surface area contributed by atoms with Crippen molar-refractivity contribution < 1.29 is 9.53 Å². The number of carbonyl (C=O) groups excluding carboxylic acids is 1. The Morgan fingerprint density at radius 3 is 2.41 bits per heavy atom. The molecule has 4 heteroatoms. The molecule has 0 radical (unpaired) electrons. The van der Waals surface area contributed by atoms with Gasteiger partial charge in [0.15, 0.2) is 0 Å². The number of aromatic nitrogens is 1. The molecular formula is C23H16ClNO2. The van der Waals surface area contributed by atoms with Crippen molar-refractivity contribution >= 4 is 28.5 Å². The Labute approximate surface area is 162 Å². The van der Waals surface area contributed by atoms with Gasteiger partial charge in [-0.25, -0.2) is 9.78 Å². The predicted octanol–water partition coefficient (Wildman–Crippen LogP) is 6.08. The topological polar surface area (TPSA) is 39.2 Å². The van der Waals surface area contributed by atoms with Crippen molar-refractivity contribution in [2.45, 2.75) is 6.92 Å². The lowest BCUT2D eigenvalue weighted by Gasteiger charge is -2.11. The summed E-state index contributed by atoms with van der Waals surface area (Å²) in [6.45, 7) is 1.98. The SMILES string of the molecule is Cc1ccc2nc(-c3ccccc3)cc(C(=O)Oc3ccc(Cl)cc3)c2c1. The number of esters is 1. The molecule has 0 bridgehead atoms. The summed E-state index contributed by atoms with van der Waals surface area (Å²) in [5.41, 5.74) is 3.97. The highest BCUT2D eigenvalue weighted by molar-refractivity contribution is 6.30. The van der Waals surface area contributed by atoms with Crippen LogP contribution in [0.15, 0.2) is 78.9 Å². The monoisotopic (exact) mass is 373 g/mol. The molecule has 0 saturated carbocycles. The number of halogens is 1. The van der Waals surface area contributed by atoms with Gasteiger partial charge in [-0.05, 0) is 49.4 Å². The van der Waals surface area contributed by atoms with Crippen LogP contribution in [0.4, 0.5) is 0 Å². The van der Waals surface area contributed by atoms with Gasteiger partial charge in [0, 0.05) is 16.0 Å². The van der Waals surface area contributed by atoms with Crippen LogP contribution in [0.1, 0.15) is 15.9 Å². The number of carbonyl (C=O) groups is 1. The first-order chi connectivity index (χ1) is 13.1. The van der Waals surface area contributed by atoms with Gasteiger partial charge in [0.1, 0.15) is 5.75 Å². The van der Waals surface area contributed by atoms with Crippen LogP contribution in [0, 0.1) is 6.92 Å². The molecule has 4 aromatic rings. The summed E-state index contributed by atoms with van der Waals surface area (Å²) in [6, 6.07) is 24.2. The number of aryl methyl sites for hydroxylation is 1. The normalized spacial score (nSPS) is 10.7. The Balaban J connectivity index is 1.82. The maximum Gasteiger partial charge on any atom is 0.344 e. The predicted molar refractivity (Wildman–Crippen MR) is 108 cm³/mol. The van der Waals surface area contributed by atoms with E-state index < -0.39 is 5.97 Å². The highest BCUT2D eigenvalue weighted by Gasteiger charge is 2.16. The molecule has 4 rings (SSSR count). The number of rotatable bonds is 3. The smallest absolute Gasteiger partial charge is 0.344 e. The van der Waals surface area contributed by atoms with Gasteiger partial charge in [0.2, 0.25) is 0 Å². The van der Waals surface area contributed by atoms with E-state index in [1.54, 1.807) is 30.3 Å². The second kappa shape index (κ2) is 7.22. The molecule has 27 heavy (non-hydrogen) atoms. The van der Waals surface area contributed by atoms with Crippen molar-refractivity contribution in [2.75, 3.05) is 0 Å². The maximum absolute atomic E-state index is 12.9. The van der Waals surface area contributed by atoms with Crippen LogP contribution in [0.25, 0.3) is 22.2 Å². The first kappa shape index (κ1) is 17.3. The van der Waals surface area contributed by atoms with E-state index in [0.717, 1.165) is 27.7 Å². The van der Waals surface area contributed by atoms with Crippen molar-refractivity contribution in [1.82, 2.24) is 4.98 Å². The van der Waals surface area contributed by atoms with E-state index in [2.05, 4.69) is 0 Å². The molecule has 0 atom stereocenters. The molecule has 1 aromatic heterocycles. The van der Waals surface area contributed by atoms with Crippen LogP contribution in [-0.2, 0) is 0 Å². The van der Waals surface area contributed by atoms with Crippen LogP contribution >= 0.6 is 11.6 Å². The van der Waals surface area contributed by atoms with Gasteiger partial charge in [-0.2, -0.15) is 0 Å². The summed E-state index contributed by atoms with van der Waals surface area (Å²) in [5.74, 6) is 0.0239. The lowest BCUT2D eigenvalue weighted by Crippen LogP contribution is -2.10. The van der Waals surface area contributed by atoms with Gasteiger partial charge in [-0.15, -0.1) is 0 Å². The summed E-state index contributed by atoms with van der Waals surface area (Å²) in [4.78, 5) is 17.6. The highest BCUT2D eigenvalue weighted by Crippen LogP contribution is 2.27. The van der Waals surface area contributed by atoms with E-state index in [1.807, 2.05) is 55.5 Å². The molecule has 0 amide bonds. The van der Waals surface area contributed by atoms with Crippen molar-refractivity contribution in [3.8, 4) is 17.0 Å². The molecule has 3 nitrogen and oxygen atoms in total. The number of hydrogen-bond donors (Lipinski definition) is 0. The van der Waals surface area contributed by atoms with Crippen molar-refractivity contribution in [3.05, 3.63) is 95.0 Å². The molecule has 1 heterocycles. The summed E-state index contributed by atoms with van der Waals surface area (Å²) < 4.78 is 5.57. The fourth-order valence-corrected chi connectivity index (χ4v) is 3.06. The van der Waals surface area contributed by atoms with Gasteiger partial charge in [-0.3, -0.25) is 0 Å². The minimum absolute atomic E-state index is 0.424. The molecule has 0 aliphatic carbocycles. The first-order valence-electron chi connectivity index (χ1n) is 8.55. The Kier molecular flexibility index (Phi) is 4.61. The minimum atomic E-state index is -0.424. The molecule has 0 aliphatic rings. The maximum atomic E-state index is 12.9. The summed E-state index contributed by atoms with van der Waals surface area (Å²) in [6.07, 6.45) is 0. The minimum Gasteiger partial charge on any atom is -0.423 e. The van der Waals surface area contributed by atoms with Crippen LogP contribution in [0.5, 0.6) is 5.75 Å². The Morgan fingerprint density at radius 2 is 1.67 bits per heavy atom. The zero-order chi connectivity index (χ0) is 18.8. The molecule has 0 aliphatic heterocycles. The Bertz CT molecular complexity index is 1120. The average Bonchev–Trinajstić information content (AvgIpc) is 2.69. The van der Waals surface area contributed by atoms with Gasteiger partial charge in [0.25, 0.3) is 0 Å². The van der Waals surface area contributed by atoms with E-state index in [1.165, 1.54) is 0 Å². The highest BCUT2D eigenvalue weighted by atomic mass is 35.5. The second-order valence-corrected chi connectivity index (χ2v) is 6.72.